The minimum Gasteiger partial charge on any atom is -0.340 e. The van der Waals surface area contributed by atoms with Crippen molar-refractivity contribution >= 4 is 43.5 Å². The average molecular weight is 400 g/mol. The molecule has 0 aliphatic carbocycles. The van der Waals surface area contributed by atoms with E-state index >= 15 is 0 Å². The Morgan fingerprint density at radius 2 is 1.95 bits per heavy atom. The molecular formula is C15H16Br2N2O. The lowest BCUT2D eigenvalue weighted by Crippen LogP contribution is -2.18. The Morgan fingerprint density at radius 1 is 1.25 bits per heavy atom. The van der Waals surface area contributed by atoms with E-state index in [4.69, 9.17) is 0 Å². The van der Waals surface area contributed by atoms with Gasteiger partial charge in [-0.1, -0.05) is 6.07 Å². The summed E-state index contributed by atoms with van der Waals surface area (Å²) in [5, 5.41) is 2.93. The van der Waals surface area contributed by atoms with Gasteiger partial charge in [0.05, 0.1) is 5.69 Å². The number of nitrogens with one attached hydrogen (secondary N) is 1. The fourth-order valence-electron chi connectivity index (χ4n) is 1.96. The van der Waals surface area contributed by atoms with Crippen LogP contribution in [-0.4, -0.2) is 10.5 Å². The molecule has 1 aromatic heterocycles. The van der Waals surface area contributed by atoms with Crippen LogP contribution in [0.4, 0.5) is 5.69 Å². The number of benzene rings is 1. The average Bonchev–Trinajstić information content (AvgIpc) is 2.75. The summed E-state index contributed by atoms with van der Waals surface area (Å²) in [6.45, 7) is 6.10. The molecule has 3 nitrogen and oxygen atoms in total. The van der Waals surface area contributed by atoms with Gasteiger partial charge in [-0.25, -0.2) is 0 Å². The predicted molar refractivity (Wildman–Crippen MR) is 89.3 cm³/mol. The van der Waals surface area contributed by atoms with Crippen LogP contribution in [0.1, 0.15) is 35.9 Å². The first kappa shape index (κ1) is 15.3. The maximum atomic E-state index is 12.4. The van der Waals surface area contributed by atoms with Crippen molar-refractivity contribution in [2.75, 3.05) is 5.32 Å². The molecule has 0 spiro atoms. The van der Waals surface area contributed by atoms with Gasteiger partial charge in [-0.3, -0.25) is 4.79 Å². The van der Waals surface area contributed by atoms with Crippen molar-refractivity contribution < 1.29 is 4.79 Å². The van der Waals surface area contributed by atoms with Gasteiger partial charge >= 0.3 is 0 Å². The maximum absolute atomic E-state index is 12.4. The number of amides is 1. The summed E-state index contributed by atoms with van der Waals surface area (Å²) >= 11 is 6.89. The molecule has 20 heavy (non-hydrogen) atoms. The zero-order valence-electron chi connectivity index (χ0n) is 11.6. The molecule has 0 aliphatic rings. The summed E-state index contributed by atoms with van der Waals surface area (Å²) in [5.74, 6) is -0.117. The van der Waals surface area contributed by atoms with E-state index in [0.717, 1.165) is 20.2 Å². The van der Waals surface area contributed by atoms with Gasteiger partial charge in [0.15, 0.2) is 0 Å². The van der Waals surface area contributed by atoms with Crippen LogP contribution < -0.4 is 5.32 Å². The molecule has 106 valence electrons. The monoisotopic (exact) mass is 398 g/mol. The van der Waals surface area contributed by atoms with E-state index in [9.17, 15) is 4.79 Å². The molecule has 0 saturated carbocycles. The summed E-state index contributed by atoms with van der Waals surface area (Å²) in [5.41, 5.74) is 2.55. The molecule has 0 saturated heterocycles. The van der Waals surface area contributed by atoms with E-state index < -0.39 is 0 Å². The molecule has 0 bridgehead atoms. The summed E-state index contributed by atoms with van der Waals surface area (Å²) in [6, 6.07) is 7.90. The molecule has 0 radical (unpaired) electrons. The lowest BCUT2D eigenvalue weighted by molar-refractivity contribution is 0.101. The van der Waals surface area contributed by atoms with Crippen molar-refractivity contribution in [3.05, 3.63) is 50.7 Å². The van der Waals surface area contributed by atoms with Crippen LogP contribution in [0.25, 0.3) is 0 Å². The third-order valence-electron chi connectivity index (χ3n) is 2.98. The fraction of sp³-hybridized carbons (Fsp3) is 0.267. The van der Waals surface area contributed by atoms with Crippen molar-refractivity contribution in [1.29, 1.82) is 0 Å². The standard InChI is InChI=1S/C15H16Br2N2O/c1-9(2)19-8-11(16)7-14(19)15(20)18-13-5-4-10(3)6-12(13)17/h4-9H,1-3H3,(H,18,20). The molecule has 2 aromatic rings. The van der Waals surface area contributed by atoms with Crippen LogP contribution in [0.15, 0.2) is 39.4 Å². The Morgan fingerprint density at radius 3 is 2.55 bits per heavy atom. The summed E-state index contributed by atoms with van der Waals surface area (Å²) in [7, 11) is 0. The van der Waals surface area contributed by atoms with E-state index in [1.54, 1.807) is 0 Å². The van der Waals surface area contributed by atoms with Gasteiger partial charge in [-0.15, -0.1) is 0 Å². The van der Waals surface area contributed by atoms with E-state index in [1.165, 1.54) is 0 Å². The first-order chi connectivity index (χ1) is 9.38. The number of nitrogens with zero attached hydrogens (tertiary/aromatic N) is 1. The van der Waals surface area contributed by atoms with Gasteiger partial charge in [-0.2, -0.15) is 0 Å². The van der Waals surface area contributed by atoms with E-state index in [2.05, 4.69) is 37.2 Å². The van der Waals surface area contributed by atoms with Crippen LogP contribution in [0.2, 0.25) is 0 Å². The number of hydrogen-bond acceptors (Lipinski definition) is 1. The zero-order chi connectivity index (χ0) is 14.9. The molecule has 0 unspecified atom stereocenters. The second-order valence-corrected chi connectivity index (χ2v) is 6.75. The lowest BCUT2D eigenvalue weighted by atomic mass is 10.2. The summed E-state index contributed by atoms with van der Waals surface area (Å²) in [4.78, 5) is 12.4. The number of halogens is 2. The largest absolute Gasteiger partial charge is 0.340 e. The minimum absolute atomic E-state index is 0.117. The van der Waals surface area contributed by atoms with Crippen LogP contribution in [-0.2, 0) is 0 Å². The molecule has 5 heteroatoms. The third kappa shape index (κ3) is 3.33. The van der Waals surface area contributed by atoms with Crippen LogP contribution in [0.3, 0.4) is 0 Å². The lowest BCUT2D eigenvalue weighted by Gasteiger charge is -2.13. The van der Waals surface area contributed by atoms with Crippen molar-refractivity contribution in [3.63, 3.8) is 0 Å². The SMILES string of the molecule is Cc1ccc(NC(=O)c2cc(Br)cn2C(C)C)c(Br)c1. The second-order valence-electron chi connectivity index (χ2n) is 4.98. The number of anilines is 1. The first-order valence-corrected chi connectivity index (χ1v) is 7.92. The number of carbonyl (C=O) groups is 1. The summed E-state index contributed by atoms with van der Waals surface area (Å²) < 4.78 is 3.73. The molecular weight excluding hydrogens is 384 g/mol. The molecule has 1 heterocycles. The second kappa shape index (κ2) is 6.14. The molecule has 1 N–H and O–H groups in total. The van der Waals surface area contributed by atoms with Crippen LogP contribution in [0.5, 0.6) is 0 Å². The highest BCUT2D eigenvalue weighted by atomic mass is 79.9. The first-order valence-electron chi connectivity index (χ1n) is 6.33. The smallest absolute Gasteiger partial charge is 0.272 e. The van der Waals surface area contributed by atoms with Gasteiger partial charge in [0.2, 0.25) is 0 Å². The Balaban J connectivity index is 2.28. The minimum atomic E-state index is -0.117. The number of aryl methyl sites for hydroxylation is 1. The van der Waals surface area contributed by atoms with Gasteiger partial charge in [-0.05, 0) is 76.4 Å². The number of hydrogen-bond donors (Lipinski definition) is 1. The molecule has 0 aliphatic heterocycles. The Kier molecular flexibility index (Phi) is 4.70. The topological polar surface area (TPSA) is 34.0 Å². The third-order valence-corrected chi connectivity index (χ3v) is 4.07. The van der Waals surface area contributed by atoms with Gasteiger partial charge in [0.1, 0.15) is 5.69 Å². The van der Waals surface area contributed by atoms with Crippen molar-refractivity contribution in [2.24, 2.45) is 0 Å². The summed E-state index contributed by atoms with van der Waals surface area (Å²) in [6.07, 6.45) is 1.92. The molecule has 2 rings (SSSR count). The number of aromatic nitrogens is 1. The highest BCUT2D eigenvalue weighted by Gasteiger charge is 2.16. The van der Waals surface area contributed by atoms with Crippen molar-refractivity contribution in [3.8, 4) is 0 Å². The van der Waals surface area contributed by atoms with E-state index in [-0.39, 0.29) is 11.9 Å². The highest BCUT2D eigenvalue weighted by molar-refractivity contribution is 9.10. The predicted octanol–water partition coefficient (Wildman–Crippen LogP) is 5.15. The van der Waals surface area contributed by atoms with Crippen LogP contribution in [0, 0.1) is 6.92 Å². The maximum Gasteiger partial charge on any atom is 0.272 e. The quantitative estimate of drug-likeness (QED) is 0.760. The van der Waals surface area contributed by atoms with Crippen molar-refractivity contribution in [1.82, 2.24) is 4.57 Å². The number of carbonyl (C=O) groups excluding carboxylic acids is 1. The van der Waals surface area contributed by atoms with Crippen LogP contribution >= 0.6 is 31.9 Å². The zero-order valence-corrected chi connectivity index (χ0v) is 14.7. The fourth-order valence-corrected chi connectivity index (χ4v) is 2.99. The number of rotatable bonds is 3. The highest BCUT2D eigenvalue weighted by Crippen LogP contribution is 2.25. The van der Waals surface area contributed by atoms with Gasteiger partial charge in [0, 0.05) is 21.2 Å². The molecule has 0 atom stereocenters. The van der Waals surface area contributed by atoms with Gasteiger partial charge in [0.25, 0.3) is 5.91 Å². The van der Waals surface area contributed by atoms with Gasteiger partial charge < -0.3 is 9.88 Å². The Hall–Kier alpha value is -1.07. The molecule has 1 aromatic carbocycles. The van der Waals surface area contributed by atoms with E-state index in [0.29, 0.717) is 5.69 Å². The molecule has 1 amide bonds. The normalized spacial score (nSPS) is 10.9. The Labute approximate surface area is 135 Å². The van der Waals surface area contributed by atoms with E-state index in [1.807, 2.05) is 55.8 Å². The molecule has 0 fully saturated rings. The Bertz CT molecular complexity index is 647. The van der Waals surface area contributed by atoms with Crippen molar-refractivity contribution in [2.45, 2.75) is 26.8 Å².